The highest BCUT2D eigenvalue weighted by atomic mass is 32.2. The molecule has 1 aliphatic rings. The Bertz CT molecular complexity index is 873. The van der Waals surface area contributed by atoms with Crippen LogP contribution in [0.5, 0.6) is 0 Å². The predicted molar refractivity (Wildman–Crippen MR) is 108 cm³/mol. The van der Waals surface area contributed by atoms with Crippen LogP contribution >= 0.6 is 11.8 Å². The lowest BCUT2D eigenvalue weighted by molar-refractivity contribution is -0.139. The molecule has 0 bridgehead atoms. The van der Waals surface area contributed by atoms with Gasteiger partial charge in [0.15, 0.2) is 0 Å². The lowest BCUT2D eigenvalue weighted by Gasteiger charge is -2.28. The lowest BCUT2D eigenvalue weighted by Crippen LogP contribution is -2.30. The molecule has 0 saturated carbocycles. The van der Waals surface area contributed by atoms with Crippen LogP contribution in [0.4, 0.5) is 5.95 Å². The number of hydrogen-bond acceptors (Lipinski definition) is 6. The zero-order chi connectivity index (χ0) is 19.6. The average Bonchev–Trinajstić information content (AvgIpc) is 3.02. The minimum absolute atomic E-state index is 0.326. The Morgan fingerprint density at radius 1 is 1.33 bits per heavy atom. The number of carbonyl (C=O) groups is 1. The van der Waals surface area contributed by atoms with Crippen molar-refractivity contribution in [2.75, 3.05) is 17.7 Å². The molecule has 0 unspecified atom stereocenters. The molecule has 3 rings (SSSR count). The highest BCUT2D eigenvalue weighted by Crippen LogP contribution is 2.37. The van der Waals surface area contributed by atoms with Crippen LogP contribution in [0.25, 0.3) is 0 Å². The molecule has 144 valence electrons. The molecule has 6 nitrogen and oxygen atoms in total. The van der Waals surface area contributed by atoms with Gasteiger partial charge in [0.2, 0.25) is 11.1 Å². The van der Waals surface area contributed by atoms with Crippen LogP contribution in [0.15, 0.2) is 40.7 Å². The number of fused-ring (bicyclic) bond motifs is 1. The quantitative estimate of drug-likeness (QED) is 0.593. The number of thioether (sulfide) groups is 1. The molecule has 7 heteroatoms. The fourth-order valence-electron chi connectivity index (χ4n) is 3.09. The fourth-order valence-corrected chi connectivity index (χ4v) is 3.87. The van der Waals surface area contributed by atoms with E-state index in [1.54, 1.807) is 11.8 Å². The number of anilines is 1. The standard InChI is InChI=1S/C20H26N4O2S/c1-6-26-18(25)16-14(5)21-19-22-20(27-11-12(2)3)23-24(19)17(16)15-10-8-7-9-13(15)4/h7-10,12,17H,6,11H2,1-5H3,(H,21,22,23)/t17-/m1/s1. The molecule has 0 saturated heterocycles. The van der Waals surface area contributed by atoms with Crippen LogP contribution in [0.2, 0.25) is 0 Å². The van der Waals surface area contributed by atoms with Gasteiger partial charge in [0, 0.05) is 11.4 Å². The van der Waals surface area contributed by atoms with Crippen molar-refractivity contribution in [2.24, 2.45) is 5.92 Å². The third-order valence-electron chi connectivity index (χ3n) is 4.36. The van der Waals surface area contributed by atoms with Gasteiger partial charge in [0.25, 0.3) is 0 Å². The van der Waals surface area contributed by atoms with Gasteiger partial charge in [-0.2, -0.15) is 4.98 Å². The summed E-state index contributed by atoms with van der Waals surface area (Å²) >= 11 is 1.63. The van der Waals surface area contributed by atoms with E-state index in [0.717, 1.165) is 22.6 Å². The van der Waals surface area contributed by atoms with Gasteiger partial charge in [0.05, 0.1) is 12.2 Å². The molecular formula is C20H26N4O2S. The van der Waals surface area contributed by atoms with Crippen molar-refractivity contribution in [3.63, 3.8) is 0 Å². The number of aryl methyl sites for hydroxylation is 1. The van der Waals surface area contributed by atoms with Gasteiger partial charge < -0.3 is 10.1 Å². The van der Waals surface area contributed by atoms with Crippen LogP contribution in [-0.4, -0.2) is 33.1 Å². The van der Waals surface area contributed by atoms with Crippen LogP contribution < -0.4 is 5.32 Å². The number of nitrogens with one attached hydrogen (secondary N) is 1. The van der Waals surface area contributed by atoms with Gasteiger partial charge in [-0.25, -0.2) is 9.48 Å². The second kappa shape index (κ2) is 8.17. The third-order valence-corrected chi connectivity index (χ3v) is 5.62. The van der Waals surface area contributed by atoms with Crippen LogP contribution in [0, 0.1) is 12.8 Å². The number of esters is 1. The van der Waals surface area contributed by atoms with E-state index in [1.165, 1.54) is 0 Å². The van der Waals surface area contributed by atoms with Crippen LogP contribution in [0.3, 0.4) is 0 Å². The van der Waals surface area contributed by atoms with E-state index in [4.69, 9.17) is 9.84 Å². The summed E-state index contributed by atoms with van der Waals surface area (Å²) in [6, 6.07) is 7.69. The van der Waals surface area contributed by atoms with Crippen molar-refractivity contribution < 1.29 is 9.53 Å². The maximum Gasteiger partial charge on any atom is 0.338 e. The summed E-state index contributed by atoms with van der Waals surface area (Å²) in [6.45, 7) is 10.4. The van der Waals surface area contributed by atoms with Crippen LogP contribution in [-0.2, 0) is 9.53 Å². The first-order valence-corrected chi connectivity index (χ1v) is 10.2. The Balaban J connectivity index is 2.09. The predicted octanol–water partition coefficient (Wildman–Crippen LogP) is 4.19. The van der Waals surface area contributed by atoms with Gasteiger partial charge in [-0.3, -0.25) is 0 Å². The van der Waals surface area contributed by atoms with Gasteiger partial charge in [0.1, 0.15) is 6.04 Å². The summed E-state index contributed by atoms with van der Waals surface area (Å²) in [4.78, 5) is 17.4. The van der Waals surface area contributed by atoms with E-state index >= 15 is 0 Å². The summed E-state index contributed by atoms with van der Waals surface area (Å²) < 4.78 is 7.15. The molecule has 0 amide bonds. The molecule has 0 aliphatic carbocycles. The summed E-state index contributed by atoms with van der Waals surface area (Å²) in [5.74, 6) is 1.81. The summed E-state index contributed by atoms with van der Waals surface area (Å²) in [5, 5.41) is 8.66. The van der Waals surface area contributed by atoms with Gasteiger partial charge in [-0.05, 0) is 37.8 Å². The monoisotopic (exact) mass is 386 g/mol. The molecule has 27 heavy (non-hydrogen) atoms. The van der Waals surface area contributed by atoms with E-state index < -0.39 is 0 Å². The molecular weight excluding hydrogens is 360 g/mol. The maximum atomic E-state index is 12.7. The zero-order valence-corrected chi connectivity index (χ0v) is 17.3. The highest BCUT2D eigenvalue weighted by Gasteiger charge is 2.35. The minimum atomic E-state index is -0.359. The molecule has 0 spiro atoms. The van der Waals surface area contributed by atoms with Gasteiger partial charge in [-0.1, -0.05) is 49.9 Å². The Labute approximate surface area is 164 Å². The third kappa shape index (κ3) is 4.03. The summed E-state index contributed by atoms with van der Waals surface area (Å²) in [7, 11) is 0. The molecule has 1 aromatic heterocycles. The topological polar surface area (TPSA) is 69.0 Å². The normalized spacial score (nSPS) is 16.3. The molecule has 1 N–H and O–H groups in total. The number of rotatable bonds is 6. The first kappa shape index (κ1) is 19.5. The van der Waals surface area contributed by atoms with Crippen LogP contribution in [0.1, 0.15) is 44.9 Å². The lowest BCUT2D eigenvalue weighted by atomic mass is 9.93. The number of aromatic nitrogens is 3. The van der Waals surface area contributed by atoms with Crippen molar-refractivity contribution in [2.45, 2.75) is 45.8 Å². The van der Waals surface area contributed by atoms with E-state index in [-0.39, 0.29) is 12.0 Å². The Morgan fingerprint density at radius 3 is 2.74 bits per heavy atom. The highest BCUT2D eigenvalue weighted by molar-refractivity contribution is 7.99. The van der Waals surface area contributed by atoms with E-state index in [0.29, 0.717) is 29.2 Å². The molecule has 1 aromatic carbocycles. The zero-order valence-electron chi connectivity index (χ0n) is 16.4. The molecule has 2 heterocycles. The van der Waals surface area contributed by atoms with E-state index in [9.17, 15) is 4.79 Å². The number of benzene rings is 1. The summed E-state index contributed by atoms with van der Waals surface area (Å²) in [5.41, 5.74) is 3.44. The second-order valence-corrected chi connectivity index (χ2v) is 8.00. The second-order valence-electron chi connectivity index (χ2n) is 7.01. The molecule has 1 aliphatic heterocycles. The van der Waals surface area contributed by atoms with E-state index in [1.807, 2.05) is 49.7 Å². The molecule has 2 aromatic rings. The number of allylic oxidation sites excluding steroid dienone is 1. The van der Waals surface area contributed by atoms with Gasteiger partial charge in [-0.15, -0.1) is 5.10 Å². The van der Waals surface area contributed by atoms with Gasteiger partial charge >= 0.3 is 5.97 Å². The Morgan fingerprint density at radius 2 is 2.07 bits per heavy atom. The number of nitrogens with zero attached hydrogens (tertiary/aromatic N) is 3. The summed E-state index contributed by atoms with van der Waals surface area (Å²) in [6.07, 6.45) is 0. The number of carbonyl (C=O) groups excluding carboxylic acids is 1. The average molecular weight is 387 g/mol. The van der Waals surface area contributed by atoms with Crippen molar-refractivity contribution in [3.05, 3.63) is 46.7 Å². The molecule has 0 radical (unpaired) electrons. The first-order chi connectivity index (χ1) is 12.9. The minimum Gasteiger partial charge on any atom is -0.463 e. The number of hydrogen-bond donors (Lipinski definition) is 1. The fraction of sp³-hybridized carbons (Fsp3) is 0.450. The first-order valence-electron chi connectivity index (χ1n) is 9.22. The Kier molecular flexibility index (Phi) is 5.89. The molecule has 1 atom stereocenters. The largest absolute Gasteiger partial charge is 0.463 e. The number of ether oxygens (including phenoxy) is 1. The Hall–Kier alpha value is -2.28. The van der Waals surface area contributed by atoms with Crippen molar-refractivity contribution >= 4 is 23.7 Å². The van der Waals surface area contributed by atoms with Crippen molar-refractivity contribution in [1.82, 2.24) is 14.8 Å². The van der Waals surface area contributed by atoms with Crippen molar-refractivity contribution in [1.29, 1.82) is 0 Å². The smallest absolute Gasteiger partial charge is 0.338 e. The van der Waals surface area contributed by atoms with E-state index in [2.05, 4.69) is 24.1 Å². The maximum absolute atomic E-state index is 12.7. The SMILES string of the molecule is CCOC(=O)C1=C(C)Nc2nc(SCC(C)C)nn2[C@@H]1c1ccccc1C. The van der Waals surface area contributed by atoms with Crippen molar-refractivity contribution in [3.8, 4) is 0 Å². The molecule has 0 fully saturated rings.